The molecule has 2 unspecified atom stereocenters. The number of halogens is 2. The van der Waals surface area contributed by atoms with Crippen molar-refractivity contribution in [3.8, 4) is 5.75 Å². The summed E-state index contributed by atoms with van der Waals surface area (Å²) < 4.78 is 18.5. The van der Waals surface area contributed by atoms with Crippen molar-refractivity contribution in [1.82, 2.24) is 0 Å². The molecule has 0 amide bonds. The van der Waals surface area contributed by atoms with E-state index in [-0.39, 0.29) is 11.9 Å². The minimum Gasteiger partial charge on any atom is -0.490 e. The van der Waals surface area contributed by atoms with E-state index in [1.54, 1.807) is 12.1 Å². The Morgan fingerprint density at radius 1 is 1.00 bits per heavy atom. The molecule has 1 aliphatic rings. The van der Waals surface area contributed by atoms with E-state index in [4.69, 9.17) is 16.3 Å². The molecule has 0 bridgehead atoms. The van der Waals surface area contributed by atoms with Gasteiger partial charge in [0.15, 0.2) is 0 Å². The average Bonchev–Trinajstić information content (AvgIpc) is 3.12. The molecule has 0 spiro atoms. The van der Waals surface area contributed by atoms with Crippen LogP contribution in [0.4, 0.5) is 4.39 Å². The second-order valence-corrected chi connectivity index (χ2v) is 4.94. The van der Waals surface area contributed by atoms with Crippen LogP contribution in [0.3, 0.4) is 0 Å². The minimum atomic E-state index is -0.243. The zero-order chi connectivity index (χ0) is 12.5. The zero-order valence-corrected chi connectivity index (χ0v) is 10.4. The molecule has 0 radical (unpaired) electrons. The molecule has 1 aliphatic carbocycles. The van der Waals surface area contributed by atoms with Crippen molar-refractivity contribution >= 4 is 11.6 Å². The molecule has 18 heavy (non-hydrogen) atoms. The third kappa shape index (κ3) is 2.49. The molecule has 3 heteroatoms. The average molecular weight is 263 g/mol. The fraction of sp³-hybridized carbons (Fsp3) is 0.200. The van der Waals surface area contributed by atoms with Crippen LogP contribution < -0.4 is 4.74 Å². The van der Waals surface area contributed by atoms with Gasteiger partial charge in [0.05, 0.1) is 0 Å². The van der Waals surface area contributed by atoms with Crippen LogP contribution in [0.15, 0.2) is 48.5 Å². The summed E-state index contributed by atoms with van der Waals surface area (Å²) in [5.74, 6) is 0.901. The molecule has 2 aromatic rings. The molecular formula is C15H12ClFO. The summed E-state index contributed by atoms with van der Waals surface area (Å²) in [7, 11) is 0. The predicted molar refractivity (Wildman–Crippen MR) is 69.6 cm³/mol. The second kappa shape index (κ2) is 4.62. The highest BCUT2D eigenvalue weighted by atomic mass is 35.5. The minimum absolute atomic E-state index is 0.191. The van der Waals surface area contributed by atoms with Gasteiger partial charge in [-0.2, -0.15) is 0 Å². The van der Waals surface area contributed by atoms with Crippen molar-refractivity contribution < 1.29 is 9.13 Å². The highest BCUT2D eigenvalue weighted by Gasteiger charge is 2.40. The van der Waals surface area contributed by atoms with Crippen molar-refractivity contribution in [3.63, 3.8) is 0 Å². The van der Waals surface area contributed by atoms with E-state index in [0.29, 0.717) is 5.92 Å². The lowest BCUT2D eigenvalue weighted by Crippen LogP contribution is -1.99. The SMILES string of the molecule is Fc1ccc(OC2CC2c2ccc(Cl)cc2)cc1. The van der Waals surface area contributed by atoms with Gasteiger partial charge in [-0.1, -0.05) is 23.7 Å². The first-order valence-corrected chi connectivity index (χ1v) is 6.28. The standard InChI is InChI=1S/C15H12ClFO/c16-11-3-1-10(2-4-11)14-9-15(14)18-13-7-5-12(17)6-8-13/h1-8,14-15H,9H2. The van der Waals surface area contributed by atoms with E-state index in [0.717, 1.165) is 17.2 Å². The Balaban J connectivity index is 1.64. The van der Waals surface area contributed by atoms with Gasteiger partial charge in [-0.15, -0.1) is 0 Å². The van der Waals surface area contributed by atoms with E-state index >= 15 is 0 Å². The monoisotopic (exact) mass is 262 g/mol. The van der Waals surface area contributed by atoms with E-state index in [9.17, 15) is 4.39 Å². The van der Waals surface area contributed by atoms with Crippen LogP contribution in [0.1, 0.15) is 17.9 Å². The molecule has 1 saturated carbocycles. The van der Waals surface area contributed by atoms with E-state index in [1.165, 1.54) is 17.7 Å². The highest BCUT2D eigenvalue weighted by Crippen LogP contribution is 2.43. The van der Waals surface area contributed by atoms with Crippen molar-refractivity contribution in [3.05, 3.63) is 64.9 Å². The third-order valence-electron chi connectivity index (χ3n) is 3.13. The second-order valence-electron chi connectivity index (χ2n) is 4.50. The molecule has 3 rings (SSSR count). The summed E-state index contributed by atoms with van der Waals surface area (Å²) in [6, 6.07) is 14.0. The Hall–Kier alpha value is -1.54. The molecule has 0 heterocycles. The first kappa shape index (κ1) is 11.5. The Bertz CT molecular complexity index is 535. The van der Waals surface area contributed by atoms with Gasteiger partial charge in [0.25, 0.3) is 0 Å². The summed E-state index contributed by atoms with van der Waals surface area (Å²) >= 11 is 5.85. The molecule has 0 saturated heterocycles. The molecule has 92 valence electrons. The molecule has 1 fully saturated rings. The number of ether oxygens (including phenoxy) is 1. The van der Waals surface area contributed by atoms with E-state index in [1.807, 2.05) is 24.3 Å². The third-order valence-corrected chi connectivity index (χ3v) is 3.38. The molecule has 0 aromatic heterocycles. The topological polar surface area (TPSA) is 9.23 Å². The highest BCUT2D eigenvalue weighted by molar-refractivity contribution is 6.30. The van der Waals surface area contributed by atoms with Crippen molar-refractivity contribution in [2.45, 2.75) is 18.4 Å². The number of rotatable bonds is 3. The van der Waals surface area contributed by atoms with Gasteiger partial charge in [-0.05, 0) is 48.4 Å². The Morgan fingerprint density at radius 2 is 1.67 bits per heavy atom. The summed E-state index contributed by atoms with van der Waals surface area (Å²) in [4.78, 5) is 0. The van der Waals surface area contributed by atoms with Gasteiger partial charge in [-0.25, -0.2) is 4.39 Å². The Kier molecular flexibility index (Phi) is 2.96. The van der Waals surface area contributed by atoms with E-state index in [2.05, 4.69) is 0 Å². The smallest absolute Gasteiger partial charge is 0.123 e. The maximum absolute atomic E-state index is 12.8. The summed E-state index contributed by atoms with van der Waals surface area (Å²) in [5.41, 5.74) is 1.24. The van der Waals surface area contributed by atoms with Gasteiger partial charge in [0.2, 0.25) is 0 Å². The van der Waals surface area contributed by atoms with Crippen molar-refractivity contribution in [2.24, 2.45) is 0 Å². The van der Waals surface area contributed by atoms with Gasteiger partial charge in [-0.3, -0.25) is 0 Å². The van der Waals surface area contributed by atoms with Gasteiger partial charge in [0.1, 0.15) is 17.7 Å². The van der Waals surface area contributed by atoms with Crippen LogP contribution in [0.5, 0.6) is 5.75 Å². The fourth-order valence-corrected chi connectivity index (χ4v) is 2.18. The first-order valence-electron chi connectivity index (χ1n) is 5.90. The Labute approximate surface area is 110 Å². The lowest BCUT2D eigenvalue weighted by molar-refractivity contribution is 0.296. The van der Waals surface area contributed by atoms with Crippen LogP contribution in [-0.4, -0.2) is 6.10 Å². The van der Waals surface area contributed by atoms with Crippen LogP contribution in [0, 0.1) is 5.82 Å². The lowest BCUT2D eigenvalue weighted by Gasteiger charge is -2.05. The maximum Gasteiger partial charge on any atom is 0.123 e. The fourth-order valence-electron chi connectivity index (χ4n) is 2.05. The van der Waals surface area contributed by atoms with Crippen LogP contribution in [0.25, 0.3) is 0 Å². The predicted octanol–water partition coefficient (Wildman–Crippen LogP) is 4.41. The molecule has 0 N–H and O–H groups in total. The van der Waals surface area contributed by atoms with Crippen molar-refractivity contribution in [1.29, 1.82) is 0 Å². The maximum atomic E-state index is 12.8. The lowest BCUT2D eigenvalue weighted by atomic mass is 10.1. The van der Waals surface area contributed by atoms with Crippen molar-refractivity contribution in [2.75, 3.05) is 0 Å². The quantitative estimate of drug-likeness (QED) is 0.796. The molecule has 2 atom stereocenters. The summed E-state index contributed by atoms with van der Waals surface area (Å²) in [6.45, 7) is 0. The summed E-state index contributed by atoms with van der Waals surface area (Å²) in [6.07, 6.45) is 1.19. The summed E-state index contributed by atoms with van der Waals surface area (Å²) in [5, 5.41) is 0.746. The van der Waals surface area contributed by atoms with E-state index < -0.39 is 0 Å². The van der Waals surface area contributed by atoms with Crippen LogP contribution in [0.2, 0.25) is 5.02 Å². The first-order chi connectivity index (χ1) is 8.72. The van der Waals surface area contributed by atoms with Gasteiger partial charge >= 0.3 is 0 Å². The normalized spacial score (nSPS) is 21.7. The zero-order valence-electron chi connectivity index (χ0n) is 9.64. The van der Waals surface area contributed by atoms with Gasteiger partial charge in [0, 0.05) is 10.9 Å². The van der Waals surface area contributed by atoms with Crippen LogP contribution >= 0.6 is 11.6 Å². The molecular weight excluding hydrogens is 251 g/mol. The largest absolute Gasteiger partial charge is 0.490 e. The molecule has 0 aliphatic heterocycles. The molecule has 2 aromatic carbocycles. The molecule has 1 nitrogen and oxygen atoms in total. The van der Waals surface area contributed by atoms with Gasteiger partial charge < -0.3 is 4.74 Å². The Morgan fingerprint density at radius 3 is 2.33 bits per heavy atom. The number of benzene rings is 2. The van der Waals surface area contributed by atoms with Crippen LogP contribution in [-0.2, 0) is 0 Å². The number of hydrogen-bond donors (Lipinski definition) is 0. The number of hydrogen-bond acceptors (Lipinski definition) is 1.